The summed E-state index contributed by atoms with van der Waals surface area (Å²) in [6.45, 7) is 2.81. The SMILES string of the molecule is CNc1ncc(C)c(N(CCO)C2CC2)n1. The fourth-order valence-corrected chi connectivity index (χ4v) is 1.80. The van der Waals surface area contributed by atoms with Crippen molar-refractivity contribution in [1.29, 1.82) is 0 Å². The molecule has 1 fully saturated rings. The number of anilines is 2. The summed E-state index contributed by atoms with van der Waals surface area (Å²) in [6, 6.07) is 0.547. The summed E-state index contributed by atoms with van der Waals surface area (Å²) in [4.78, 5) is 10.8. The molecule has 1 aliphatic carbocycles. The fourth-order valence-electron chi connectivity index (χ4n) is 1.80. The van der Waals surface area contributed by atoms with Crippen LogP contribution < -0.4 is 10.2 Å². The molecular weight excluding hydrogens is 204 g/mol. The molecule has 0 saturated heterocycles. The van der Waals surface area contributed by atoms with Gasteiger partial charge in [-0.05, 0) is 19.8 Å². The lowest BCUT2D eigenvalue weighted by atomic mass is 10.3. The average Bonchev–Trinajstić information content (AvgIpc) is 3.11. The lowest BCUT2D eigenvalue weighted by Crippen LogP contribution is -2.30. The van der Waals surface area contributed by atoms with Crippen molar-refractivity contribution in [3.8, 4) is 0 Å². The summed E-state index contributed by atoms with van der Waals surface area (Å²) in [5, 5.41) is 12.0. The fraction of sp³-hybridized carbons (Fsp3) is 0.636. The molecular formula is C11H18N4O. The zero-order valence-corrected chi connectivity index (χ0v) is 9.77. The maximum Gasteiger partial charge on any atom is 0.224 e. The lowest BCUT2D eigenvalue weighted by Gasteiger charge is -2.24. The normalized spacial score (nSPS) is 14.9. The third-order valence-corrected chi connectivity index (χ3v) is 2.77. The highest BCUT2D eigenvalue weighted by Crippen LogP contribution is 2.32. The molecule has 1 aliphatic rings. The van der Waals surface area contributed by atoms with Gasteiger partial charge in [0.15, 0.2) is 0 Å². The summed E-state index contributed by atoms with van der Waals surface area (Å²) < 4.78 is 0. The summed E-state index contributed by atoms with van der Waals surface area (Å²) in [5.41, 5.74) is 1.05. The molecule has 1 heterocycles. The second kappa shape index (κ2) is 4.65. The van der Waals surface area contributed by atoms with Gasteiger partial charge >= 0.3 is 0 Å². The van der Waals surface area contributed by atoms with Crippen molar-refractivity contribution in [2.45, 2.75) is 25.8 Å². The van der Waals surface area contributed by atoms with Crippen molar-refractivity contribution < 1.29 is 5.11 Å². The highest BCUT2D eigenvalue weighted by Gasteiger charge is 2.30. The van der Waals surface area contributed by atoms with Gasteiger partial charge in [0.1, 0.15) is 5.82 Å². The Morgan fingerprint density at radius 2 is 2.31 bits per heavy atom. The molecule has 0 amide bonds. The number of nitrogens with zero attached hydrogens (tertiary/aromatic N) is 3. The van der Waals surface area contributed by atoms with E-state index in [1.54, 1.807) is 0 Å². The number of nitrogens with one attached hydrogen (secondary N) is 1. The van der Waals surface area contributed by atoms with Gasteiger partial charge in [0.05, 0.1) is 6.61 Å². The molecule has 5 nitrogen and oxygen atoms in total. The number of aryl methyl sites for hydroxylation is 1. The summed E-state index contributed by atoms with van der Waals surface area (Å²) in [6.07, 6.45) is 4.21. The smallest absolute Gasteiger partial charge is 0.224 e. The van der Waals surface area contributed by atoms with E-state index in [-0.39, 0.29) is 6.61 Å². The Morgan fingerprint density at radius 1 is 1.56 bits per heavy atom. The minimum absolute atomic E-state index is 0.162. The molecule has 2 N–H and O–H groups in total. The van der Waals surface area contributed by atoms with Gasteiger partial charge in [-0.1, -0.05) is 0 Å². The zero-order valence-electron chi connectivity index (χ0n) is 9.77. The van der Waals surface area contributed by atoms with Crippen LogP contribution in [0.2, 0.25) is 0 Å². The van der Waals surface area contributed by atoms with Crippen LogP contribution in [0.3, 0.4) is 0 Å². The van der Waals surface area contributed by atoms with Gasteiger partial charge in [-0.15, -0.1) is 0 Å². The molecule has 0 aliphatic heterocycles. The topological polar surface area (TPSA) is 61.3 Å². The van der Waals surface area contributed by atoms with Crippen LogP contribution in [0, 0.1) is 6.92 Å². The first-order chi connectivity index (χ1) is 7.76. The summed E-state index contributed by atoms with van der Waals surface area (Å²) >= 11 is 0. The predicted molar refractivity (Wildman–Crippen MR) is 63.8 cm³/mol. The number of hydrogen-bond acceptors (Lipinski definition) is 5. The molecule has 1 aromatic rings. The van der Waals surface area contributed by atoms with Crippen LogP contribution in [0.1, 0.15) is 18.4 Å². The van der Waals surface area contributed by atoms with E-state index in [4.69, 9.17) is 5.11 Å². The Balaban J connectivity index is 2.27. The van der Waals surface area contributed by atoms with E-state index < -0.39 is 0 Å². The van der Waals surface area contributed by atoms with Gasteiger partial charge < -0.3 is 15.3 Å². The minimum atomic E-state index is 0.162. The molecule has 0 aromatic carbocycles. The van der Waals surface area contributed by atoms with Gasteiger partial charge in [0, 0.05) is 31.4 Å². The van der Waals surface area contributed by atoms with Gasteiger partial charge in [0.25, 0.3) is 0 Å². The molecule has 2 rings (SSSR count). The van der Waals surface area contributed by atoms with Gasteiger partial charge in [-0.3, -0.25) is 0 Å². The molecule has 88 valence electrons. The van der Waals surface area contributed by atoms with Crippen LogP contribution in [0.5, 0.6) is 0 Å². The van der Waals surface area contributed by atoms with Crippen LogP contribution >= 0.6 is 0 Å². The van der Waals surface area contributed by atoms with Crippen molar-refractivity contribution in [1.82, 2.24) is 9.97 Å². The Morgan fingerprint density at radius 3 is 2.88 bits per heavy atom. The number of aliphatic hydroxyl groups is 1. The molecule has 16 heavy (non-hydrogen) atoms. The van der Waals surface area contributed by atoms with E-state index in [1.807, 2.05) is 20.2 Å². The molecule has 1 aromatic heterocycles. The van der Waals surface area contributed by atoms with E-state index in [2.05, 4.69) is 20.2 Å². The van der Waals surface area contributed by atoms with E-state index in [9.17, 15) is 0 Å². The van der Waals surface area contributed by atoms with Crippen LogP contribution in [-0.4, -0.2) is 41.3 Å². The van der Waals surface area contributed by atoms with Crippen molar-refractivity contribution in [3.05, 3.63) is 11.8 Å². The Hall–Kier alpha value is -1.36. The highest BCUT2D eigenvalue weighted by atomic mass is 16.3. The summed E-state index contributed by atoms with van der Waals surface area (Å²) in [7, 11) is 1.81. The first kappa shape index (κ1) is 11.1. The number of hydrogen-bond donors (Lipinski definition) is 2. The second-order valence-electron chi connectivity index (χ2n) is 4.10. The Kier molecular flexibility index (Phi) is 3.24. The highest BCUT2D eigenvalue weighted by molar-refractivity contribution is 5.50. The quantitative estimate of drug-likeness (QED) is 0.771. The molecule has 0 bridgehead atoms. The van der Waals surface area contributed by atoms with Crippen molar-refractivity contribution in [3.63, 3.8) is 0 Å². The molecule has 0 spiro atoms. The maximum absolute atomic E-state index is 9.09. The second-order valence-corrected chi connectivity index (χ2v) is 4.10. The first-order valence-corrected chi connectivity index (χ1v) is 5.65. The monoisotopic (exact) mass is 222 g/mol. The molecule has 5 heteroatoms. The average molecular weight is 222 g/mol. The standard InChI is InChI=1S/C11H18N4O/c1-8-7-13-11(12-2)14-10(8)15(5-6-16)9-3-4-9/h7,9,16H,3-6H2,1-2H3,(H,12,13,14). The molecule has 0 unspecified atom stereocenters. The van der Waals surface area contributed by atoms with Gasteiger partial charge in [-0.25, -0.2) is 4.98 Å². The Labute approximate surface area is 95.5 Å². The van der Waals surface area contributed by atoms with Gasteiger partial charge in [0.2, 0.25) is 5.95 Å². The summed E-state index contributed by atoms with van der Waals surface area (Å²) in [5.74, 6) is 1.57. The lowest BCUT2D eigenvalue weighted by molar-refractivity contribution is 0.301. The van der Waals surface area contributed by atoms with Crippen molar-refractivity contribution >= 4 is 11.8 Å². The molecule has 0 radical (unpaired) electrons. The van der Waals surface area contributed by atoms with Crippen LogP contribution in [-0.2, 0) is 0 Å². The zero-order chi connectivity index (χ0) is 11.5. The van der Waals surface area contributed by atoms with Crippen molar-refractivity contribution in [2.75, 3.05) is 30.4 Å². The van der Waals surface area contributed by atoms with Gasteiger partial charge in [-0.2, -0.15) is 4.98 Å². The van der Waals surface area contributed by atoms with E-state index in [0.717, 1.165) is 11.4 Å². The van der Waals surface area contributed by atoms with E-state index in [0.29, 0.717) is 18.5 Å². The Bertz CT molecular complexity index is 365. The maximum atomic E-state index is 9.09. The molecule has 0 atom stereocenters. The predicted octanol–water partition coefficient (Wildman–Crippen LogP) is 0.788. The van der Waals surface area contributed by atoms with Crippen LogP contribution in [0.15, 0.2) is 6.20 Å². The first-order valence-electron chi connectivity index (χ1n) is 5.65. The number of aromatic nitrogens is 2. The van der Waals surface area contributed by atoms with E-state index in [1.165, 1.54) is 12.8 Å². The minimum Gasteiger partial charge on any atom is -0.395 e. The van der Waals surface area contributed by atoms with E-state index >= 15 is 0 Å². The third-order valence-electron chi connectivity index (χ3n) is 2.77. The number of rotatable bonds is 5. The van der Waals surface area contributed by atoms with Crippen LogP contribution in [0.4, 0.5) is 11.8 Å². The number of aliphatic hydroxyl groups excluding tert-OH is 1. The largest absolute Gasteiger partial charge is 0.395 e. The molecule has 1 saturated carbocycles. The van der Waals surface area contributed by atoms with Crippen LogP contribution in [0.25, 0.3) is 0 Å². The van der Waals surface area contributed by atoms with Crippen molar-refractivity contribution in [2.24, 2.45) is 0 Å². The third kappa shape index (κ3) is 2.24.